The van der Waals surface area contributed by atoms with E-state index >= 15 is 0 Å². The second-order valence-electron chi connectivity index (χ2n) is 9.03. The van der Waals surface area contributed by atoms with Gasteiger partial charge in [0.1, 0.15) is 16.9 Å². The molecule has 0 saturated carbocycles. The number of amides is 1. The third-order valence-corrected chi connectivity index (χ3v) is 5.02. The molecule has 0 saturated heterocycles. The molecule has 1 aromatic rings. The van der Waals surface area contributed by atoms with Crippen molar-refractivity contribution in [2.45, 2.75) is 85.9 Å². The Kier molecular flexibility index (Phi) is 11.0. The predicted molar refractivity (Wildman–Crippen MR) is 125 cm³/mol. The SMILES string of the molecule is CCCOC(CC(C)C)(CC(C)C)C(=O)Nc1ccc(O[C@@H](C)CC)c(C(=O)OC)c1. The molecule has 1 amide bonds. The fourth-order valence-corrected chi connectivity index (χ4v) is 3.59. The van der Waals surface area contributed by atoms with Gasteiger partial charge >= 0.3 is 5.97 Å². The molecule has 6 nitrogen and oxygen atoms in total. The molecule has 1 aromatic carbocycles. The van der Waals surface area contributed by atoms with E-state index < -0.39 is 11.6 Å². The molecule has 0 radical (unpaired) electrons. The van der Waals surface area contributed by atoms with E-state index in [4.69, 9.17) is 14.2 Å². The van der Waals surface area contributed by atoms with Crippen LogP contribution >= 0.6 is 0 Å². The lowest BCUT2D eigenvalue weighted by Gasteiger charge is -2.35. The molecule has 0 aliphatic carbocycles. The van der Waals surface area contributed by atoms with Crippen molar-refractivity contribution in [2.24, 2.45) is 11.8 Å². The van der Waals surface area contributed by atoms with E-state index in [9.17, 15) is 9.59 Å². The van der Waals surface area contributed by atoms with Crippen LogP contribution in [0, 0.1) is 11.8 Å². The van der Waals surface area contributed by atoms with Crippen LogP contribution in [0.5, 0.6) is 5.75 Å². The molecular formula is C25H41NO5. The Morgan fingerprint density at radius 2 is 1.65 bits per heavy atom. The van der Waals surface area contributed by atoms with Gasteiger partial charge < -0.3 is 19.5 Å². The first-order valence-electron chi connectivity index (χ1n) is 11.4. The third kappa shape index (κ3) is 8.17. The highest BCUT2D eigenvalue weighted by Gasteiger charge is 2.40. The topological polar surface area (TPSA) is 73.9 Å². The van der Waals surface area contributed by atoms with E-state index in [2.05, 4.69) is 33.0 Å². The molecule has 0 unspecified atom stereocenters. The minimum absolute atomic E-state index is 0.0453. The first-order valence-corrected chi connectivity index (χ1v) is 11.4. The quantitative estimate of drug-likeness (QED) is 0.394. The zero-order valence-electron chi connectivity index (χ0n) is 20.5. The average molecular weight is 436 g/mol. The minimum atomic E-state index is -0.921. The molecule has 0 fully saturated rings. The third-order valence-electron chi connectivity index (χ3n) is 5.02. The number of benzene rings is 1. The number of anilines is 1. The van der Waals surface area contributed by atoms with Crippen molar-refractivity contribution >= 4 is 17.6 Å². The number of rotatable bonds is 13. The number of ether oxygens (including phenoxy) is 3. The van der Waals surface area contributed by atoms with Gasteiger partial charge in [-0.05, 0) is 62.6 Å². The molecule has 1 rings (SSSR count). The number of hydrogen-bond acceptors (Lipinski definition) is 5. The molecule has 0 aromatic heterocycles. The number of carbonyl (C=O) groups excluding carboxylic acids is 2. The number of hydrogen-bond donors (Lipinski definition) is 1. The standard InChI is InChI=1S/C25H41NO5/c1-9-13-30-25(15-17(3)4,16-18(5)6)24(28)26-20-11-12-22(31-19(7)10-2)21(14-20)23(27)29-8/h11-12,14,17-19H,9-10,13,15-16H2,1-8H3,(H,26,28)/t19-/m0/s1. The van der Waals surface area contributed by atoms with E-state index in [1.54, 1.807) is 18.2 Å². The molecule has 0 bridgehead atoms. The van der Waals surface area contributed by atoms with Gasteiger partial charge in [0.15, 0.2) is 0 Å². The van der Waals surface area contributed by atoms with Gasteiger partial charge in [-0.2, -0.15) is 0 Å². The Bertz CT molecular complexity index is 704. The zero-order valence-corrected chi connectivity index (χ0v) is 20.5. The maximum atomic E-state index is 13.5. The van der Waals surface area contributed by atoms with E-state index in [1.165, 1.54) is 7.11 Å². The first-order chi connectivity index (χ1) is 14.6. The lowest BCUT2D eigenvalue weighted by molar-refractivity contribution is -0.147. The summed E-state index contributed by atoms with van der Waals surface area (Å²) in [6, 6.07) is 5.06. The van der Waals surface area contributed by atoms with Crippen molar-refractivity contribution in [2.75, 3.05) is 19.0 Å². The Morgan fingerprint density at radius 1 is 1.03 bits per heavy atom. The molecule has 0 spiro atoms. The summed E-state index contributed by atoms with van der Waals surface area (Å²) < 4.78 is 17.0. The lowest BCUT2D eigenvalue weighted by atomic mass is 9.83. The monoisotopic (exact) mass is 435 g/mol. The second-order valence-corrected chi connectivity index (χ2v) is 9.03. The van der Waals surface area contributed by atoms with Crippen LogP contribution in [0.1, 0.15) is 84.5 Å². The van der Waals surface area contributed by atoms with Crippen LogP contribution in [0.15, 0.2) is 18.2 Å². The van der Waals surface area contributed by atoms with Crippen molar-refractivity contribution in [1.29, 1.82) is 0 Å². The van der Waals surface area contributed by atoms with Gasteiger partial charge in [0.05, 0.1) is 13.2 Å². The molecule has 6 heteroatoms. The summed E-state index contributed by atoms with van der Waals surface area (Å²) in [5, 5.41) is 2.99. The highest BCUT2D eigenvalue weighted by atomic mass is 16.5. The summed E-state index contributed by atoms with van der Waals surface area (Å²) in [5.74, 6) is 0.329. The molecular weight excluding hydrogens is 394 g/mol. The molecule has 1 atom stereocenters. The number of esters is 1. The van der Waals surface area contributed by atoms with Crippen LogP contribution in [-0.4, -0.2) is 37.3 Å². The fraction of sp³-hybridized carbons (Fsp3) is 0.680. The Balaban J connectivity index is 3.27. The van der Waals surface area contributed by atoms with E-state index in [1.807, 2.05) is 20.8 Å². The number of methoxy groups -OCH3 is 1. The Labute approximate surface area is 188 Å². The summed E-state index contributed by atoms with van der Waals surface area (Å²) in [4.78, 5) is 25.8. The molecule has 0 aliphatic heterocycles. The largest absolute Gasteiger partial charge is 0.490 e. The summed E-state index contributed by atoms with van der Waals surface area (Å²) in [5.41, 5.74) is -0.123. The highest BCUT2D eigenvalue weighted by molar-refractivity contribution is 5.99. The zero-order chi connectivity index (χ0) is 23.6. The molecule has 176 valence electrons. The Hall–Kier alpha value is -2.08. The highest BCUT2D eigenvalue weighted by Crippen LogP contribution is 2.32. The summed E-state index contributed by atoms with van der Waals surface area (Å²) >= 11 is 0. The Morgan fingerprint density at radius 3 is 2.13 bits per heavy atom. The fourth-order valence-electron chi connectivity index (χ4n) is 3.59. The maximum Gasteiger partial charge on any atom is 0.341 e. The smallest absolute Gasteiger partial charge is 0.341 e. The summed E-state index contributed by atoms with van der Waals surface area (Å²) in [6.07, 6.45) is 2.84. The second kappa shape index (κ2) is 12.7. The first kappa shape index (κ1) is 27.0. The van der Waals surface area contributed by atoms with Crippen LogP contribution in [0.4, 0.5) is 5.69 Å². The van der Waals surface area contributed by atoms with Gasteiger partial charge in [0.25, 0.3) is 5.91 Å². The van der Waals surface area contributed by atoms with E-state index in [-0.39, 0.29) is 17.6 Å². The van der Waals surface area contributed by atoms with Gasteiger partial charge in [0.2, 0.25) is 0 Å². The van der Waals surface area contributed by atoms with Crippen LogP contribution in [-0.2, 0) is 14.3 Å². The molecule has 0 heterocycles. The van der Waals surface area contributed by atoms with Crippen molar-refractivity contribution in [3.63, 3.8) is 0 Å². The van der Waals surface area contributed by atoms with Gasteiger partial charge in [-0.15, -0.1) is 0 Å². The summed E-state index contributed by atoms with van der Waals surface area (Å²) in [7, 11) is 1.33. The van der Waals surface area contributed by atoms with Gasteiger partial charge in [-0.1, -0.05) is 41.5 Å². The van der Waals surface area contributed by atoms with Crippen molar-refractivity contribution in [1.82, 2.24) is 0 Å². The predicted octanol–water partition coefficient (Wildman–Crippen LogP) is 5.85. The average Bonchev–Trinajstić information content (AvgIpc) is 2.71. The van der Waals surface area contributed by atoms with Gasteiger partial charge in [-0.3, -0.25) is 4.79 Å². The minimum Gasteiger partial charge on any atom is -0.490 e. The molecule has 0 aliphatic rings. The molecule has 31 heavy (non-hydrogen) atoms. The van der Waals surface area contributed by atoms with Crippen molar-refractivity contribution < 1.29 is 23.8 Å². The van der Waals surface area contributed by atoms with Crippen LogP contribution < -0.4 is 10.1 Å². The van der Waals surface area contributed by atoms with E-state index in [0.29, 0.717) is 42.7 Å². The van der Waals surface area contributed by atoms with Crippen LogP contribution in [0.25, 0.3) is 0 Å². The normalized spacial score (nSPS) is 12.7. The van der Waals surface area contributed by atoms with E-state index in [0.717, 1.165) is 12.8 Å². The number of nitrogens with one attached hydrogen (secondary N) is 1. The lowest BCUT2D eigenvalue weighted by Crippen LogP contribution is -2.48. The van der Waals surface area contributed by atoms with Crippen molar-refractivity contribution in [3.8, 4) is 5.75 Å². The van der Waals surface area contributed by atoms with Gasteiger partial charge in [-0.25, -0.2) is 4.79 Å². The number of carbonyl (C=O) groups is 2. The maximum absolute atomic E-state index is 13.5. The van der Waals surface area contributed by atoms with Crippen LogP contribution in [0.3, 0.4) is 0 Å². The molecule has 1 N–H and O–H groups in total. The van der Waals surface area contributed by atoms with Crippen molar-refractivity contribution in [3.05, 3.63) is 23.8 Å². The summed E-state index contributed by atoms with van der Waals surface area (Å²) in [6.45, 7) is 14.9. The van der Waals surface area contributed by atoms with Crippen LogP contribution in [0.2, 0.25) is 0 Å². The van der Waals surface area contributed by atoms with Gasteiger partial charge in [0, 0.05) is 12.3 Å².